The van der Waals surface area contributed by atoms with Gasteiger partial charge >= 0.3 is 0 Å². The van der Waals surface area contributed by atoms with E-state index < -0.39 is 0 Å². The predicted molar refractivity (Wildman–Crippen MR) is 60.9 cm³/mol. The number of carbonyl (C=O) groups excluding carboxylic acids is 1. The van der Waals surface area contributed by atoms with Gasteiger partial charge in [0.25, 0.3) is 0 Å². The molecule has 0 aliphatic heterocycles. The molecule has 2 aromatic heterocycles. The van der Waals surface area contributed by atoms with Crippen LogP contribution in [0.2, 0.25) is 0 Å². The third-order valence-corrected chi connectivity index (χ3v) is 3.20. The Balaban J connectivity index is 2.44. The number of ether oxygens (including phenoxy) is 1. The molecule has 5 nitrogen and oxygen atoms in total. The minimum atomic E-state index is 0.0418. The van der Waals surface area contributed by atoms with E-state index in [0.29, 0.717) is 22.2 Å². The Hall–Kier alpha value is -1.69. The number of carbonyl (C=O) groups is 1. The summed E-state index contributed by atoms with van der Waals surface area (Å²) in [6, 6.07) is 0. The summed E-state index contributed by atoms with van der Waals surface area (Å²) in [7, 11) is 1.51. The van der Waals surface area contributed by atoms with Crippen LogP contribution in [0.5, 0.6) is 5.88 Å². The van der Waals surface area contributed by atoms with Gasteiger partial charge in [-0.1, -0.05) is 6.92 Å². The zero-order valence-corrected chi connectivity index (χ0v) is 9.80. The molecule has 0 saturated heterocycles. The van der Waals surface area contributed by atoms with Gasteiger partial charge in [0.05, 0.1) is 25.3 Å². The van der Waals surface area contributed by atoms with Crippen molar-refractivity contribution in [3.63, 3.8) is 0 Å². The molecule has 0 aromatic carbocycles. The van der Waals surface area contributed by atoms with Crippen molar-refractivity contribution in [3.05, 3.63) is 17.4 Å². The summed E-state index contributed by atoms with van der Waals surface area (Å²) in [4.78, 5) is 23.3. The number of thiazole rings is 1. The monoisotopic (exact) mass is 237 g/mol. The molecule has 0 spiro atoms. The van der Waals surface area contributed by atoms with Crippen LogP contribution in [0.3, 0.4) is 0 Å². The number of H-pyrrole nitrogens is 1. The van der Waals surface area contributed by atoms with Crippen LogP contribution in [-0.4, -0.2) is 27.8 Å². The van der Waals surface area contributed by atoms with Gasteiger partial charge in [0, 0.05) is 6.42 Å². The van der Waals surface area contributed by atoms with E-state index in [2.05, 4.69) is 15.0 Å². The quantitative estimate of drug-likeness (QED) is 0.827. The summed E-state index contributed by atoms with van der Waals surface area (Å²) in [6.07, 6.45) is 3.68. The van der Waals surface area contributed by atoms with Crippen molar-refractivity contribution in [2.24, 2.45) is 0 Å². The molecule has 2 rings (SSSR count). The second-order valence-electron chi connectivity index (χ2n) is 3.10. The smallest absolute Gasteiger partial charge is 0.236 e. The lowest BCUT2D eigenvalue weighted by atomic mass is 10.3. The molecule has 16 heavy (non-hydrogen) atoms. The number of Topliss-reactive ketones (excluding diaryl/α,β-unsaturated/α-hetero) is 1. The molecule has 84 valence electrons. The SMILES string of the molecule is CCC(=O)c1sc(-c2cnc[nH]2)nc1OC. The number of hydrogen-bond acceptors (Lipinski definition) is 5. The van der Waals surface area contributed by atoms with Gasteiger partial charge in [0.15, 0.2) is 5.78 Å². The molecule has 0 unspecified atom stereocenters. The van der Waals surface area contributed by atoms with Crippen LogP contribution in [-0.2, 0) is 0 Å². The minimum absolute atomic E-state index is 0.0418. The van der Waals surface area contributed by atoms with Crippen LogP contribution in [0.4, 0.5) is 0 Å². The third-order valence-electron chi connectivity index (χ3n) is 2.09. The lowest BCUT2D eigenvalue weighted by Crippen LogP contribution is -1.96. The van der Waals surface area contributed by atoms with Crippen molar-refractivity contribution in [1.29, 1.82) is 0 Å². The van der Waals surface area contributed by atoms with Crippen molar-refractivity contribution >= 4 is 17.1 Å². The van der Waals surface area contributed by atoms with Gasteiger partial charge in [-0.3, -0.25) is 4.79 Å². The lowest BCUT2D eigenvalue weighted by Gasteiger charge is -1.95. The largest absolute Gasteiger partial charge is 0.480 e. The Morgan fingerprint density at radius 1 is 1.62 bits per heavy atom. The lowest BCUT2D eigenvalue weighted by molar-refractivity contribution is 0.0989. The van der Waals surface area contributed by atoms with Gasteiger partial charge in [-0.05, 0) is 0 Å². The van der Waals surface area contributed by atoms with E-state index in [1.165, 1.54) is 18.4 Å². The first-order valence-corrected chi connectivity index (χ1v) is 5.64. The van der Waals surface area contributed by atoms with Crippen molar-refractivity contribution in [3.8, 4) is 16.6 Å². The summed E-state index contributed by atoms with van der Waals surface area (Å²) < 4.78 is 5.09. The maximum absolute atomic E-state index is 11.6. The first-order valence-electron chi connectivity index (χ1n) is 4.83. The molecular formula is C10H11N3O2S. The first-order chi connectivity index (χ1) is 7.76. The van der Waals surface area contributed by atoms with Gasteiger partial charge < -0.3 is 9.72 Å². The minimum Gasteiger partial charge on any atom is -0.480 e. The Labute approximate surface area is 96.5 Å². The number of methoxy groups -OCH3 is 1. The average molecular weight is 237 g/mol. The highest BCUT2D eigenvalue weighted by molar-refractivity contribution is 7.17. The first kappa shape index (κ1) is 10.8. The number of nitrogens with one attached hydrogen (secondary N) is 1. The molecule has 2 aromatic rings. The molecule has 0 aliphatic rings. The predicted octanol–water partition coefficient (Wildman–Crippen LogP) is 2.13. The van der Waals surface area contributed by atoms with E-state index in [1.807, 2.05) is 6.92 Å². The van der Waals surface area contributed by atoms with Crippen LogP contribution >= 0.6 is 11.3 Å². The molecular weight excluding hydrogens is 226 g/mol. The maximum atomic E-state index is 11.6. The molecule has 0 radical (unpaired) electrons. The summed E-state index contributed by atoms with van der Waals surface area (Å²) in [5, 5.41) is 0.714. The highest BCUT2D eigenvalue weighted by atomic mass is 32.1. The number of imidazole rings is 1. The van der Waals surface area contributed by atoms with Crippen molar-refractivity contribution in [1.82, 2.24) is 15.0 Å². The third kappa shape index (κ3) is 1.83. The van der Waals surface area contributed by atoms with E-state index in [4.69, 9.17) is 4.74 Å². The summed E-state index contributed by atoms with van der Waals surface area (Å²) >= 11 is 1.32. The molecule has 0 fully saturated rings. The number of rotatable bonds is 4. The van der Waals surface area contributed by atoms with Gasteiger partial charge in [-0.15, -0.1) is 11.3 Å². The standard InChI is InChI=1S/C10H11N3O2S/c1-3-7(14)8-9(15-2)13-10(16-8)6-4-11-5-12-6/h4-5H,3H2,1-2H3,(H,11,12). The molecule has 0 atom stereocenters. The molecule has 0 bridgehead atoms. The molecule has 0 saturated carbocycles. The second kappa shape index (κ2) is 4.44. The Morgan fingerprint density at radius 3 is 3.00 bits per heavy atom. The normalized spacial score (nSPS) is 10.4. The van der Waals surface area contributed by atoms with Gasteiger partial charge in [0.1, 0.15) is 9.88 Å². The molecule has 0 amide bonds. The van der Waals surface area contributed by atoms with E-state index in [0.717, 1.165) is 5.69 Å². The Bertz CT molecular complexity index is 490. The van der Waals surface area contributed by atoms with Crippen molar-refractivity contribution < 1.29 is 9.53 Å². The summed E-state index contributed by atoms with van der Waals surface area (Å²) in [5.74, 6) is 0.432. The van der Waals surface area contributed by atoms with Gasteiger partial charge in [0.2, 0.25) is 5.88 Å². The Morgan fingerprint density at radius 2 is 2.44 bits per heavy atom. The molecule has 0 aliphatic carbocycles. The Kier molecular flexibility index (Phi) is 3.00. The zero-order valence-electron chi connectivity index (χ0n) is 8.98. The summed E-state index contributed by atoms with van der Waals surface area (Å²) in [5.41, 5.74) is 0.790. The van der Waals surface area contributed by atoms with E-state index in [1.54, 1.807) is 12.5 Å². The van der Waals surface area contributed by atoms with E-state index in [9.17, 15) is 4.79 Å². The summed E-state index contributed by atoms with van der Waals surface area (Å²) in [6.45, 7) is 1.82. The van der Waals surface area contributed by atoms with Crippen LogP contribution in [0.25, 0.3) is 10.7 Å². The number of hydrogen-bond donors (Lipinski definition) is 1. The molecule has 2 heterocycles. The van der Waals surface area contributed by atoms with Crippen LogP contribution in [0.15, 0.2) is 12.5 Å². The van der Waals surface area contributed by atoms with E-state index >= 15 is 0 Å². The molecule has 6 heteroatoms. The highest BCUT2D eigenvalue weighted by Crippen LogP contribution is 2.31. The second-order valence-corrected chi connectivity index (χ2v) is 4.10. The fourth-order valence-corrected chi connectivity index (χ4v) is 2.29. The fourth-order valence-electron chi connectivity index (χ4n) is 1.27. The fraction of sp³-hybridized carbons (Fsp3) is 0.300. The van der Waals surface area contributed by atoms with Crippen LogP contribution < -0.4 is 4.74 Å². The van der Waals surface area contributed by atoms with Crippen molar-refractivity contribution in [2.45, 2.75) is 13.3 Å². The van der Waals surface area contributed by atoms with E-state index in [-0.39, 0.29) is 5.78 Å². The van der Waals surface area contributed by atoms with Crippen LogP contribution in [0.1, 0.15) is 23.0 Å². The molecule has 1 N–H and O–H groups in total. The van der Waals surface area contributed by atoms with Gasteiger partial charge in [-0.25, -0.2) is 4.98 Å². The van der Waals surface area contributed by atoms with Crippen molar-refractivity contribution in [2.75, 3.05) is 7.11 Å². The zero-order chi connectivity index (χ0) is 11.5. The highest BCUT2D eigenvalue weighted by Gasteiger charge is 2.18. The number of aromatic nitrogens is 3. The maximum Gasteiger partial charge on any atom is 0.236 e. The van der Waals surface area contributed by atoms with Crippen LogP contribution in [0, 0.1) is 0 Å². The number of ketones is 1. The number of aromatic amines is 1. The number of nitrogens with zero attached hydrogens (tertiary/aromatic N) is 2. The van der Waals surface area contributed by atoms with Gasteiger partial charge in [-0.2, -0.15) is 4.98 Å². The topological polar surface area (TPSA) is 67.9 Å². The average Bonchev–Trinajstić information content (AvgIpc) is 2.95.